The van der Waals surface area contributed by atoms with Crippen molar-refractivity contribution in [2.45, 2.75) is 6.54 Å². The summed E-state index contributed by atoms with van der Waals surface area (Å²) in [6.45, 7) is 5.28. The summed E-state index contributed by atoms with van der Waals surface area (Å²) in [5.41, 5.74) is 2.30. The van der Waals surface area contributed by atoms with E-state index in [2.05, 4.69) is 28.0 Å². The summed E-state index contributed by atoms with van der Waals surface area (Å²) >= 11 is 1.74. The minimum absolute atomic E-state index is 0.325. The normalized spacial score (nSPS) is 16.9. The van der Waals surface area contributed by atoms with Crippen molar-refractivity contribution in [2.75, 3.05) is 45.0 Å². The maximum Gasteiger partial charge on any atom is 0.231 e. The van der Waals surface area contributed by atoms with Crippen molar-refractivity contribution in [3.05, 3.63) is 42.0 Å². The van der Waals surface area contributed by atoms with Crippen LogP contribution in [-0.2, 0) is 6.54 Å². The van der Waals surface area contributed by atoms with E-state index in [1.165, 1.54) is 10.3 Å². The highest BCUT2D eigenvalue weighted by atomic mass is 32.1. The molecule has 1 aromatic heterocycles. The zero-order valence-electron chi connectivity index (χ0n) is 15.2. The molecule has 6 nitrogen and oxygen atoms in total. The average molecular weight is 383 g/mol. The highest BCUT2D eigenvalue weighted by molar-refractivity contribution is 7.22. The number of nitrogens with zero attached hydrogens (tertiary/aromatic N) is 3. The van der Waals surface area contributed by atoms with Crippen LogP contribution in [0, 0.1) is 0 Å². The Kier molecular flexibility index (Phi) is 4.26. The van der Waals surface area contributed by atoms with Crippen LogP contribution in [0.2, 0.25) is 0 Å². The lowest BCUT2D eigenvalue weighted by atomic mass is 10.1. The second-order valence-corrected chi connectivity index (χ2v) is 7.79. The van der Waals surface area contributed by atoms with Crippen molar-refractivity contribution in [3.8, 4) is 17.2 Å². The number of methoxy groups -OCH3 is 1. The van der Waals surface area contributed by atoms with Crippen molar-refractivity contribution in [3.63, 3.8) is 0 Å². The molecule has 0 N–H and O–H groups in total. The Bertz CT molecular complexity index is 966. The number of thiazole rings is 1. The molecule has 0 unspecified atom stereocenters. The Morgan fingerprint density at radius 1 is 1.04 bits per heavy atom. The van der Waals surface area contributed by atoms with Crippen molar-refractivity contribution < 1.29 is 14.2 Å². The topological polar surface area (TPSA) is 47.1 Å². The van der Waals surface area contributed by atoms with Crippen LogP contribution < -0.4 is 19.1 Å². The number of hydrogen-bond donors (Lipinski definition) is 0. The van der Waals surface area contributed by atoms with Gasteiger partial charge in [-0.3, -0.25) is 4.90 Å². The highest BCUT2D eigenvalue weighted by Gasteiger charge is 2.21. The largest absolute Gasteiger partial charge is 0.497 e. The van der Waals surface area contributed by atoms with Gasteiger partial charge in [-0.25, -0.2) is 4.98 Å². The number of benzene rings is 2. The molecule has 2 aromatic carbocycles. The fraction of sp³-hybridized carbons (Fsp3) is 0.350. The van der Waals surface area contributed by atoms with Gasteiger partial charge in [-0.2, -0.15) is 0 Å². The summed E-state index contributed by atoms with van der Waals surface area (Å²) in [4.78, 5) is 9.66. The van der Waals surface area contributed by atoms with Gasteiger partial charge in [0.25, 0.3) is 0 Å². The first-order valence-electron chi connectivity index (χ1n) is 9.09. The van der Waals surface area contributed by atoms with Crippen molar-refractivity contribution in [2.24, 2.45) is 0 Å². The quantitative estimate of drug-likeness (QED) is 0.689. The molecule has 0 radical (unpaired) electrons. The first-order valence-corrected chi connectivity index (χ1v) is 9.90. The standard InChI is InChI=1S/C20H21N3O3S/c1-24-15-3-4-16-19(11-15)27-20(21-16)23-8-6-22(7-9-23)12-14-2-5-17-18(10-14)26-13-25-17/h2-5,10-11H,6-9,12-13H2,1H3. The molecule has 27 heavy (non-hydrogen) atoms. The zero-order chi connectivity index (χ0) is 18.2. The molecule has 5 rings (SSSR count). The molecule has 3 aromatic rings. The molecule has 1 saturated heterocycles. The first-order chi connectivity index (χ1) is 13.3. The fourth-order valence-electron chi connectivity index (χ4n) is 3.55. The molecular formula is C20H21N3O3S. The van der Waals surface area contributed by atoms with E-state index in [-0.39, 0.29) is 0 Å². The molecule has 0 amide bonds. The molecule has 0 saturated carbocycles. The van der Waals surface area contributed by atoms with Gasteiger partial charge in [0, 0.05) is 32.7 Å². The van der Waals surface area contributed by atoms with E-state index >= 15 is 0 Å². The number of fused-ring (bicyclic) bond motifs is 2. The molecule has 1 fully saturated rings. The SMILES string of the molecule is COc1ccc2nc(N3CCN(Cc4ccc5c(c4)OCO5)CC3)sc2c1. The second-order valence-electron chi connectivity index (χ2n) is 6.78. The van der Waals surface area contributed by atoms with Crippen LogP contribution in [0.3, 0.4) is 0 Å². The van der Waals surface area contributed by atoms with E-state index < -0.39 is 0 Å². The van der Waals surface area contributed by atoms with Gasteiger partial charge in [0.15, 0.2) is 16.6 Å². The molecule has 0 bridgehead atoms. The maximum absolute atomic E-state index is 5.48. The smallest absolute Gasteiger partial charge is 0.231 e. The van der Waals surface area contributed by atoms with Gasteiger partial charge in [-0.05, 0) is 35.9 Å². The van der Waals surface area contributed by atoms with E-state index in [1.54, 1.807) is 18.4 Å². The van der Waals surface area contributed by atoms with Crippen molar-refractivity contribution >= 4 is 26.7 Å². The Morgan fingerprint density at radius 2 is 1.89 bits per heavy atom. The molecule has 2 aliphatic rings. The summed E-state index contributed by atoms with van der Waals surface area (Å²) in [5, 5.41) is 1.10. The number of ether oxygens (including phenoxy) is 3. The summed E-state index contributed by atoms with van der Waals surface area (Å²) in [7, 11) is 1.70. The molecule has 7 heteroatoms. The van der Waals surface area contributed by atoms with Crippen LogP contribution in [-0.4, -0.2) is 50.0 Å². The molecule has 0 spiro atoms. The summed E-state index contributed by atoms with van der Waals surface area (Å²) in [6, 6.07) is 12.3. The third-order valence-electron chi connectivity index (χ3n) is 5.07. The van der Waals surface area contributed by atoms with E-state index in [9.17, 15) is 0 Å². The maximum atomic E-state index is 5.48. The van der Waals surface area contributed by atoms with Crippen LogP contribution in [0.25, 0.3) is 10.2 Å². The number of hydrogen-bond acceptors (Lipinski definition) is 7. The molecule has 140 valence electrons. The van der Waals surface area contributed by atoms with Crippen molar-refractivity contribution in [1.29, 1.82) is 0 Å². The fourth-order valence-corrected chi connectivity index (χ4v) is 4.60. The van der Waals surface area contributed by atoms with Gasteiger partial charge in [0.05, 0.1) is 17.3 Å². The first kappa shape index (κ1) is 16.6. The summed E-state index contributed by atoms with van der Waals surface area (Å²) < 4.78 is 17.4. The predicted molar refractivity (Wildman–Crippen MR) is 106 cm³/mol. The lowest BCUT2D eigenvalue weighted by Crippen LogP contribution is -2.45. The number of piperazine rings is 1. The third-order valence-corrected chi connectivity index (χ3v) is 6.15. The van der Waals surface area contributed by atoms with E-state index in [0.717, 1.165) is 60.6 Å². The van der Waals surface area contributed by atoms with Gasteiger partial charge >= 0.3 is 0 Å². The van der Waals surface area contributed by atoms with Crippen molar-refractivity contribution in [1.82, 2.24) is 9.88 Å². The Morgan fingerprint density at radius 3 is 2.74 bits per heavy atom. The van der Waals surface area contributed by atoms with Crippen LogP contribution in [0.15, 0.2) is 36.4 Å². The zero-order valence-corrected chi connectivity index (χ0v) is 16.0. The van der Waals surface area contributed by atoms with Crippen LogP contribution >= 0.6 is 11.3 Å². The molecule has 3 heterocycles. The summed E-state index contributed by atoms with van der Waals surface area (Å²) in [5.74, 6) is 2.58. The van der Waals surface area contributed by atoms with Gasteiger partial charge in [-0.15, -0.1) is 0 Å². The number of rotatable bonds is 4. The van der Waals surface area contributed by atoms with Gasteiger partial charge in [-0.1, -0.05) is 17.4 Å². The van der Waals surface area contributed by atoms with E-state index in [1.807, 2.05) is 18.2 Å². The molecule has 0 aliphatic carbocycles. The van der Waals surface area contributed by atoms with Gasteiger partial charge in [0.2, 0.25) is 6.79 Å². The van der Waals surface area contributed by atoms with Crippen LogP contribution in [0.4, 0.5) is 5.13 Å². The summed E-state index contributed by atoms with van der Waals surface area (Å²) in [6.07, 6.45) is 0. The third kappa shape index (κ3) is 3.28. The number of anilines is 1. The van der Waals surface area contributed by atoms with Gasteiger partial charge in [0.1, 0.15) is 5.75 Å². The van der Waals surface area contributed by atoms with Crippen LogP contribution in [0.5, 0.6) is 17.2 Å². The predicted octanol–water partition coefficient (Wildman–Crippen LogP) is 3.36. The Hall–Kier alpha value is -2.51. The second kappa shape index (κ2) is 6.90. The monoisotopic (exact) mass is 383 g/mol. The lowest BCUT2D eigenvalue weighted by Gasteiger charge is -2.34. The lowest BCUT2D eigenvalue weighted by molar-refractivity contribution is 0.174. The Labute approximate surface area is 161 Å². The van der Waals surface area contributed by atoms with E-state index in [0.29, 0.717) is 6.79 Å². The Balaban J connectivity index is 1.23. The van der Waals surface area contributed by atoms with Crippen LogP contribution in [0.1, 0.15) is 5.56 Å². The van der Waals surface area contributed by atoms with E-state index in [4.69, 9.17) is 19.2 Å². The average Bonchev–Trinajstić information content (AvgIpc) is 3.34. The molecule has 2 aliphatic heterocycles. The highest BCUT2D eigenvalue weighted by Crippen LogP contribution is 2.34. The number of aromatic nitrogens is 1. The molecule has 0 atom stereocenters. The molecular weight excluding hydrogens is 362 g/mol. The minimum Gasteiger partial charge on any atom is -0.497 e. The minimum atomic E-state index is 0.325. The van der Waals surface area contributed by atoms with Gasteiger partial charge < -0.3 is 19.1 Å².